The van der Waals surface area contributed by atoms with Crippen LogP contribution >= 0.6 is 0 Å². The average molecular weight is 456 g/mol. The number of ether oxygens (including phenoxy) is 1. The molecule has 0 bridgehead atoms. The molecular formula is C27H25N3O4. The third-order valence-electron chi connectivity index (χ3n) is 6.47. The van der Waals surface area contributed by atoms with E-state index in [1.165, 1.54) is 0 Å². The summed E-state index contributed by atoms with van der Waals surface area (Å²) in [6.07, 6.45) is 0.955. The zero-order chi connectivity index (χ0) is 23.7. The predicted octanol–water partition coefficient (Wildman–Crippen LogP) is 3.72. The number of piperidine rings is 1. The summed E-state index contributed by atoms with van der Waals surface area (Å²) in [5, 5.41) is 5.94. The van der Waals surface area contributed by atoms with Gasteiger partial charge in [-0.3, -0.25) is 14.4 Å². The molecule has 3 aromatic rings. The van der Waals surface area contributed by atoms with Crippen LogP contribution in [0.25, 0.3) is 11.1 Å². The molecule has 0 saturated carbocycles. The van der Waals surface area contributed by atoms with Crippen molar-refractivity contribution in [1.82, 2.24) is 10.2 Å². The molecule has 2 aliphatic rings. The second kappa shape index (κ2) is 9.02. The van der Waals surface area contributed by atoms with Crippen molar-refractivity contribution >= 4 is 23.4 Å². The molecule has 2 aliphatic heterocycles. The lowest BCUT2D eigenvalue weighted by Crippen LogP contribution is -2.55. The maximum absolute atomic E-state index is 13.5. The van der Waals surface area contributed by atoms with Crippen molar-refractivity contribution in [1.29, 1.82) is 0 Å². The van der Waals surface area contributed by atoms with E-state index in [2.05, 4.69) is 10.6 Å². The van der Waals surface area contributed by atoms with Gasteiger partial charge >= 0.3 is 0 Å². The van der Waals surface area contributed by atoms with Crippen LogP contribution in [0.1, 0.15) is 33.6 Å². The summed E-state index contributed by atoms with van der Waals surface area (Å²) >= 11 is 0. The molecule has 2 atom stereocenters. The number of rotatable bonds is 4. The Kier molecular flexibility index (Phi) is 5.76. The minimum Gasteiger partial charge on any atom is -0.497 e. The predicted molar refractivity (Wildman–Crippen MR) is 129 cm³/mol. The Morgan fingerprint density at radius 3 is 2.47 bits per heavy atom. The Balaban J connectivity index is 1.36. The fourth-order valence-corrected chi connectivity index (χ4v) is 4.61. The van der Waals surface area contributed by atoms with Gasteiger partial charge in [-0.1, -0.05) is 36.4 Å². The van der Waals surface area contributed by atoms with Crippen molar-refractivity contribution in [2.45, 2.75) is 24.9 Å². The number of hydrogen-bond acceptors (Lipinski definition) is 4. The zero-order valence-electron chi connectivity index (χ0n) is 18.8. The normalized spacial score (nSPS) is 19.4. The number of fused-ring (bicyclic) bond motifs is 2. The molecule has 0 radical (unpaired) electrons. The second-order valence-corrected chi connectivity index (χ2v) is 8.55. The van der Waals surface area contributed by atoms with Gasteiger partial charge in [-0.25, -0.2) is 0 Å². The van der Waals surface area contributed by atoms with Gasteiger partial charge in [0.25, 0.3) is 11.8 Å². The van der Waals surface area contributed by atoms with Crippen LogP contribution in [0.5, 0.6) is 5.75 Å². The Hall–Kier alpha value is -4.13. The molecule has 0 spiro atoms. The number of amides is 3. The smallest absolute Gasteiger partial charge is 0.256 e. The molecule has 2 heterocycles. The highest BCUT2D eigenvalue weighted by atomic mass is 16.5. The minimum absolute atomic E-state index is 0.174. The Bertz CT molecular complexity index is 1240. The quantitative estimate of drug-likeness (QED) is 0.628. The van der Waals surface area contributed by atoms with E-state index in [0.717, 1.165) is 16.9 Å². The number of carbonyl (C=O) groups excluding carboxylic acids is 3. The molecule has 0 aromatic heterocycles. The highest BCUT2D eigenvalue weighted by molar-refractivity contribution is 6.10. The van der Waals surface area contributed by atoms with Gasteiger partial charge in [0.2, 0.25) is 5.91 Å². The van der Waals surface area contributed by atoms with Crippen molar-refractivity contribution in [3.05, 3.63) is 83.9 Å². The van der Waals surface area contributed by atoms with Crippen molar-refractivity contribution in [3.63, 3.8) is 0 Å². The number of nitrogens with one attached hydrogen (secondary N) is 2. The monoisotopic (exact) mass is 455 g/mol. The van der Waals surface area contributed by atoms with Crippen molar-refractivity contribution in [2.24, 2.45) is 0 Å². The van der Waals surface area contributed by atoms with Gasteiger partial charge in [0, 0.05) is 18.2 Å². The van der Waals surface area contributed by atoms with Crippen LogP contribution in [0, 0.1) is 0 Å². The zero-order valence-corrected chi connectivity index (χ0v) is 18.8. The number of carbonyl (C=O) groups is 3. The number of methoxy groups -OCH3 is 1. The SMILES string of the molecule is COc1ccc(-c2ccc3c(c2)C(=O)N2CC[C@H](NC(=O)c4ccccc4)C[C@H]2C(=O)N3)cc1. The topological polar surface area (TPSA) is 87.7 Å². The van der Waals surface area contributed by atoms with E-state index in [1.54, 1.807) is 30.2 Å². The lowest BCUT2D eigenvalue weighted by molar-refractivity contribution is -0.121. The molecule has 7 heteroatoms. The van der Waals surface area contributed by atoms with Gasteiger partial charge in [0.15, 0.2) is 0 Å². The van der Waals surface area contributed by atoms with Gasteiger partial charge in [0.1, 0.15) is 11.8 Å². The highest BCUT2D eigenvalue weighted by Gasteiger charge is 2.40. The van der Waals surface area contributed by atoms with Crippen LogP contribution in [0.3, 0.4) is 0 Å². The summed E-state index contributed by atoms with van der Waals surface area (Å²) in [7, 11) is 1.62. The van der Waals surface area contributed by atoms with E-state index in [9.17, 15) is 14.4 Å². The Labute approximate surface area is 197 Å². The van der Waals surface area contributed by atoms with E-state index in [4.69, 9.17) is 4.74 Å². The molecule has 7 nitrogen and oxygen atoms in total. The van der Waals surface area contributed by atoms with Crippen LogP contribution < -0.4 is 15.4 Å². The van der Waals surface area contributed by atoms with Gasteiger partial charge in [-0.15, -0.1) is 0 Å². The number of hydrogen-bond donors (Lipinski definition) is 2. The first kappa shape index (κ1) is 21.7. The summed E-state index contributed by atoms with van der Waals surface area (Å²) in [6.45, 7) is 0.392. The van der Waals surface area contributed by atoms with Gasteiger partial charge in [-0.2, -0.15) is 0 Å². The summed E-state index contributed by atoms with van der Waals surface area (Å²) in [5.74, 6) is 0.170. The van der Waals surface area contributed by atoms with E-state index in [-0.39, 0.29) is 23.8 Å². The van der Waals surface area contributed by atoms with Crippen LogP contribution in [0.15, 0.2) is 72.8 Å². The maximum atomic E-state index is 13.5. The number of nitrogens with zero attached hydrogens (tertiary/aromatic N) is 1. The molecule has 0 aliphatic carbocycles. The summed E-state index contributed by atoms with van der Waals surface area (Å²) in [4.78, 5) is 40.7. The molecule has 1 fully saturated rings. The number of benzene rings is 3. The second-order valence-electron chi connectivity index (χ2n) is 8.55. The molecule has 3 amide bonds. The summed E-state index contributed by atoms with van der Waals surface area (Å²) in [6, 6.07) is 21.3. The molecule has 0 unspecified atom stereocenters. The standard InChI is InChI=1S/C27H25N3O4/c1-34-21-10-7-17(8-11-21)19-9-12-23-22(15-19)27(33)30-14-13-20(16-24(30)26(32)29-23)28-25(31)18-5-3-2-4-6-18/h2-12,15,20,24H,13-14,16H2,1H3,(H,28,31)(H,29,32)/t20-,24-/m0/s1. The van der Waals surface area contributed by atoms with E-state index in [0.29, 0.717) is 36.2 Å². The largest absolute Gasteiger partial charge is 0.497 e. The van der Waals surface area contributed by atoms with Crippen molar-refractivity contribution in [2.75, 3.05) is 19.0 Å². The molecule has 3 aromatic carbocycles. The van der Waals surface area contributed by atoms with Gasteiger partial charge in [-0.05, 0) is 60.4 Å². The average Bonchev–Trinajstić information content (AvgIpc) is 2.98. The number of anilines is 1. The van der Waals surface area contributed by atoms with Gasteiger partial charge < -0.3 is 20.3 Å². The van der Waals surface area contributed by atoms with Crippen molar-refractivity contribution in [3.8, 4) is 16.9 Å². The van der Waals surface area contributed by atoms with Crippen LogP contribution in [-0.4, -0.2) is 48.4 Å². The van der Waals surface area contributed by atoms with Crippen LogP contribution in [-0.2, 0) is 4.79 Å². The first-order chi connectivity index (χ1) is 16.5. The first-order valence-corrected chi connectivity index (χ1v) is 11.3. The van der Waals surface area contributed by atoms with Crippen molar-refractivity contribution < 1.29 is 19.1 Å². The van der Waals surface area contributed by atoms with E-state index < -0.39 is 6.04 Å². The maximum Gasteiger partial charge on any atom is 0.256 e. The molecule has 172 valence electrons. The molecule has 1 saturated heterocycles. The highest BCUT2D eigenvalue weighted by Crippen LogP contribution is 2.32. The van der Waals surface area contributed by atoms with Crippen LogP contribution in [0.2, 0.25) is 0 Å². The van der Waals surface area contributed by atoms with Gasteiger partial charge in [0.05, 0.1) is 18.4 Å². The third-order valence-corrected chi connectivity index (χ3v) is 6.47. The fourth-order valence-electron chi connectivity index (χ4n) is 4.61. The van der Waals surface area contributed by atoms with E-state index >= 15 is 0 Å². The lowest BCUT2D eigenvalue weighted by Gasteiger charge is -2.37. The molecular weight excluding hydrogens is 430 g/mol. The minimum atomic E-state index is -0.640. The summed E-state index contributed by atoms with van der Waals surface area (Å²) < 4.78 is 5.22. The van der Waals surface area contributed by atoms with Crippen LogP contribution in [0.4, 0.5) is 5.69 Å². The Morgan fingerprint density at radius 1 is 1.00 bits per heavy atom. The first-order valence-electron chi connectivity index (χ1n) is 11.3. The fraction of sp³-hybridized carbons (Fsp3) is 0.222. The van der Waals surface area contributed by atoms with E-state index in [1.807, 2.05) is 54.6 Å². The Morgan fingerprint density at radius 2 is 1.74 bits per heavy atom. The summed E-state index contributed by atoms with van der Waals surface area (Å²) in [5.41, 5.74) is 3.38. The molecule has 5 rings (SSSR count). The lowest BCUT2D eigenvalue weighted by atomic mass is 9.95. The third kappa shape index (κ3) is 4.12. The molecule has 34 heavy (non-hydrogen) atoms. The molecule has 2 N–H and O–H groups in total.